The standard InChI is InChI=1S/C16H24N4/c1-12(2)16-14(11-19-8-5-17-6-9-19)20-7-4-13(3)10-15(20)18-16/h4,7,10,12,17H,5-6,8-9,11H2,1-3H3. The van der Waals surface area contributed by atoms with Crippen LogP contribution >= 0.6 is 0 Å². The van der Waals surface area contributed by atoms with E-state index in [0.29, 0.717) is 5.92 Å². The van der Waals surface area contributed by atoms with E-state index >= 15 is 0 Å². The van der Waals surface area contributed by atoms with Crippen molar-refractivity contribution in [2.75, 3.05) is 26.2 Å². The monoisotopic (exact) mass is 272 g/mol. The zero-order chi connectivity index (χ0) is 14.1. The van der Waals surface area contributed by atoms with Crippen LogP contribution in [-0.4, -0.2) is 40.5 Å². The smallest absolute Gasteiger partial charge is 0.137 e. The SMILES string of the molecule is Cc1ccn2c(CN3CCNCC3)c(C(C)C)nc2c1. The van der Waals surface area contributed by atoms with Gasteiger partial charge in [-0.2, -0.15) is 0 Å². The molecule has 0 amide bonds. The molecule has 4 nitrogen and oxygen atoms in total. The molecule has 0 aliphatic carbocycles. The largest absolute Gasteiger partial charge is 0.314 e. The van der Waals surface area contributed by atoms with Crippen LogP contribution in [0.15, 0.2) is 18.3 Å². The summed E-state index contributed by atoms with van der Waals surface area (Å²) >= 11 is 0. The lowest BCUT2D eigenvalue weighted by atomic mass is 10.1. The van der Waals surface area contributed by atoms with Crippen LogP contribution in [-0.2, 0) is 6.54 Å². The first kappa shape index (κ1) is 13.6. The highest BCUT2D eigenvalue weighted by Crippen LogP contribution is 2.22. The van der Waals surface area contributed by atoms with E-state index in [1.165, 1.54) is 17.0 Å². The summed E-state index contributed by atoms with van der Waals surface area (Å²) < 4.78 is 2.27. The number of rotatable bonds is 3. The molecule has 1 fully saturated rings. The van der Waals surface area contributed by atoms with Crippen molar-refractivity contribution < 1.29 is 0 Å². The van der Waals surface area contributed by atoms with E-state index in [9.17, 15) is 0 Å². The summed E-state index contributed by atoms with van der Waals surface area (Å²) in [6.07, 6.45) is 2.17. The molecule has 1 aliphatic heterocycles. The molecule has 1 aliphatic rings. The lowest BCUT2D eigenvalue weighted by Gasteiger charge is -2.27. The maximum Gasteiger partial charge on any atom is 0.137 e. The van der Waals surface area contributed by atoms with Crippen molar-refractivity contribution in [2.24, 2.45) is 0 Å². The van der Waals surface area contributed by atoms with Crippen LogP contribution in [0.3, 0.4) is 0 Å². The Morgan fingerprint density at radius 3 is 2.75 bits per heavy atom. The molecule has 0 atom stereocenters. The summed E-state index contributed by atoms with van der Waals surface area (Å²) in [6.45, 7) is 12.0. The van der Waals surface area contributed by atoms with Crippen LogP contribution in [0.2, 0.25) is 0 Å². The highest BCUT2D eigenvalue weighted by molar-refractivity contribution is 5.46. The van der Waals surface area contributed by atoms with Crippen LogP contribution < -0.4 is 5.32 Å². The third-order valence-corrected chi connectivity index (χ3v) is 4.04. The maximum atomic E-state index is 4.86. The van der Waals surface area contributed by atoms with Gasteiger partial charge in [0.15, 0.2) is 0 Å². The molecule has 1 saturated heterocycles. The molecule has 3 heterocycles. The predicted octanol–water partition coefficient (Wildman–Crippen LogP) is 2.17. The minimum absolute atomic E-state index is 0.466. The first-order chi connectivity index (χ1) is 9.65. The van der Waals surface area contributed by atoms with Crippen molar-refractivity contribution in [3.63, 3.8) is 0 Å². The number of fused-ring (bicyclic) bond motifs is 1. The van der Waals surface area contributed by atoms with Crippen LogP contribution in [0.25, 0.3) is 5.65 Å². The van der Waals surface area contributed by atoms with Gasteiger partial charge in [-0.15, -0.1) is 0 Å². The minimum atomic E-state index is 0.466. The normalized spacial score (nSPS) is 17.2. The molecular formula is C16H24N4. The Labute approximate surface area is 120 Å². The number of aryl methyl sites for hydroxylation is 1. The number of nitrogens with one attached hydrogen (secondary N) is 1. The van der Waals surface area contributed by atoms with Gasteiger partial charge in [-0.25, -0.2) is 4.98 Å². The summed E-state index contributed by atoms with van der Waals surface area (Å²) in [7, 11) is 0. The number of nitrogens with zero attached hydrogens (tertiary/aromatic N) is 3. The average molecular weight is 272 g/mol. The number of aromatic nitrogens is 2. The molecule has 0 aromatic carbocycles. The van der Waals surface area contributed by atoms with Crippen LogP contribution in [0, 0.1) is 6.92 Å². The van der Waals surface area contributed by atoms with Crippen molar-refractivity contribution in [3.05, 3.63) is 35.3 Å². The molecule has 4 heteroatoms. The molecule has 3 rings (SSSR count). The fraction of sp³-hybridized carbons (Fsp3) is 0.562. The Bertz CT molecular complexity index is 594. The highest BCUT2D eigenvalue weighted by atomic mass is 15.2. The Morgan fingerprint density at radius 1 is 1.30 bits per heavy atom. The summed E-state index contributed by atoms with van der Waals surface area (Å²) in [5.41, 5.74) is 4.95. The van der Waals surface area contributed by atoms with Gasteiger partial charge in [0.05, 0.1) is 11.4 Å². The van der Waals surface area contributed by atoms with E-state index in [4.69, 9.17) is 4.98 Å². The topological polar surface area (TPSA) is 32.6 Å². The number of hydrogen-bond acceptors (Lipinski definition) is 3. The number of piperazine rings is 1. The van der Waals surface area contributed by atoms with Crippen molar-refractivity contribution >= 4 is 5.65 Å². The van der Waals surface area contributed by atoms with Gasteiger partial charge in [-0.1, -0.05) is 13.8 Å². The lowest BCUT2D eigenvalue weighted by Crippen LogP contribution is -2.43. The molecule has 2 aromatic heterocycles. The van der Waals surface area contributed by atoms with Crippen LogP contribution in [0.1, 0.15) is 36.7 Å². The maximum absolute atomic E-state index is 4.86. The molecule has 0 radical (unpaired) electrons. The van der Waals surface area contributed by atoms with Gasteiger partial charge in [0.2, 0.25) is 0 Å². The zero-order valence-electron chi connectivity index (χ0n) is 12.7. The van der Waals surface area contributed by atoms with E-state index < -0.39 is 0 Å². The number of pyridine rings is 1. The Kier molecular flexibility index (Phi) is 3.76. The molecule has 108 valence electrons. The van der Waals surface area contributed by atoms with E-state index in [1.54, 1.807) is 0 Å². The molecule has 0 spiro atoms. The second-order valence-corrected chi connectivity index (χ2v) is 6.06. The second-order valence-electron chi connectivity index (χ2n) is 6.06. The van der Waals surface area contributed by atoms with E-state index in [2.05, 4.69) is 53.7 Å². The molecule has 20 heavy (non-hydrogen) atoms. The highest BCUT2D eigenvalue weighted by Gasteiger charge is 2.18. The van der Waals surface area contributed by atoms with Crippen molar-refractivity contribution in [3.8, 4) is 0 Å². The van der Waals surface area contributed by atoms with Gasteiger partial charge in [-0.05, 0) is 30.5 Å². The summed E-state index contributed by atoms with van der Waals surface area (Å²) in [4.78, 5) is 7.38. The predicted molar refractivity (Wildman–Crippen MR) is 82.2 cm³/mol. The van der Waals surface area contributed by atoms with Crippen LogP contribution in [0.4, 0.5) is 0 Å². The zero-order valence-corrected chi connectivity index (χ0v) is 12.7. The molecule has 0 unspecified atom stereocenters. The van der Waals surface area contributed by atoms with Gasteiger partial charge in [0.25, 0.3) is 0 Å². The fourth-order valence-corrected chi connectivity index (χ4v) is 2.92. The van der Waals surface area contributed by atoms with E-state index in [1.807, 2.05) is 0 Å². The van der Waals surface area contributed by atoms with Crippen molar-refractivity contribution in [1.82, 2.24) is 19.6 Å². The molecule has 0 bridgehead atoms. The van der Waals surface area contributed by atoms with Crippen molar-refractivity contribution in [2.45, 2.75) is 33.2 Å². The van der Waals surface area contributed by atoms with Gasteiger partial charge < -0.3 is 9.72 Å². The lowest BCUT2D eigenvalue weighted by molar-refractivity contribution is 0.229. The summed E-state index contributed by atoms with van der Waals surface area (Å²) in [6, 6.07) is 4.34. The average Bonchev–Trinajstić information content (AvgIpc) is 2.78. The third kappa shape index (κ3) is 2.58. The second kappa shape index (κ2) is 5.54. The minimum Gasteiger partial charge on any atom is -0.314 e. The Hall–Kier alpha value is -1.39. The van der Waals surface area contributed by atoms with Gasteiger partial charge in [0, 0.05) is 38.9 Å². The van der Waals surface area contributed by atoms with E-state index in [0.717, 1.165) is 38.4 Å². The Morgan fingerprint density at radius 2 is 2.05 bits per heavy atom. The molecule has 0 saturated carbocycles. The number of imidazole rings is 1. The van der Waals surface area contributed by atoms with Gasteiger partial charge in [-0.3, -0.25) is 4.90 Å². The quantitative estimate of drug-likeness (QED) is 0.929. The first-order valence-corrected chi connectivity index (χ1v) is 7.55. The fourth-order valence-electron chi connectivity index (χ4n) is 2.92. The molecule has 2 aromatic rings. The first-order valence-electron chi connectivity index (χ1n) is 7.55. The summed E-state index contributed by atoms with van der Waals surface area (Å²) in [5.74, 6) is 0.466. The van der Waals surface area contributed by atoms with E-state index in [-0.39, 0.29) is 0 Å². The molecular weight excluding hydrogens is 248 g/mol. The van der Waals surface area contributed by atoms with Crippen LogP contribution in [0.5, 0.6) is 0 Å². The third-order valence-electron chi connectivity index (χ3n) is 4.04. The Balaban J connectivity index is 1.99. The van der Waals surface area contributed by atoms with Gasteiger partial charge >= 0.3 is 0 Å². The number of hydrogen-bond donors (Lipinski definition) is 1. The van der Waals surface area contributed by atoms with Crippen molar-refractivity contribution in [1.29, 1.82) is 0 Å². The molecule has 1 N–H and O–H groups in total. The summed E-state index contributed by atoms with van der Waals surface area (Å²) in [5, 5.41) is 3.41. The van der Waals surface area contributed by atoms with Gasteiger partial charge in [0.1, 0.15) is 5.65 Å².